The van der Waals surface area contributed by atoms with Gasteiger partial charge in [-0.2, -0.15) is 5.26 Å². The van der Waals surface area contributed by atoms with Crippen molar-refractivity contribution >= 4 is 17.2 Å². The topological polar surface area (TPSA) is 91.1 Å². The van der Waals surface area contributed by atoms with Crippen molar-refractivity contribution in [3.63, 3.8) is 0 Å². The van der Waals surface area contributed by atoms with Crippen LogP contribution in [0.2, 0.25) is 0 Å². The highest BCUT2D eigenvalue weighted by atomic mass is 16.5. The van der Waals surface area contributed by atoms with Crippen LogP contribution in [-0.2, 0) is 12.8 Å². The summed E-state index contributed by atoms with van der Waals surface area (Å²) in [5.41, 5.74) is 3.93. The summed E-state index contributed by atoms with van der Waals surface area (Å²) in [6, 6.07) is 7.93. The highest BCUT2D eigenvalue weighted by molar-refractivity contribution is 5.96. The number of methoxy groups -OCH3 is 1. The fourth-order valence-corrected chi connectivity index (χ4v) is 4.65. The lowest BCUT2D eigenvalue weighted by atomic mass is 9.89. The first-order chi connectivity index (χ1) is 16.0. The molecule has 2 aliphatic rings. The van der Waals surface area contributed by atoms with Gasteiger partial charge in [0, 0.05) is 36.9 Å². The molecule has 2 aromatic rings. The summed E-state index contributed by atoms with van der Waals surface area (Å²) in [7, 11) is 3.76. The highest BCUT2D eigenvalue weighted by Gasteiger charge is 2.23. The number of fused-ring (bicyclic) bond motifs is 1. The van der Waals surface area contributed by atoms with Crippen LogP contribution < -0.4 is 10.1 Å². The largest absolute Gasteiger partial charge is 0.496 e. The number of benzene rings is 1. The van der Waals surface area contributed by atoms with Gasteiger partial charge in [0.15, 0.2) is 5.78 Å². The standard InChI is InChI=1S/C26H31N5O2/c1-4-28-26-25-20(16-27)7-8-21(25)29-24(30-26)15-19-6-5-18(14-23(19)33-3)22(32)13-17-9-11-31(2)12-10-17/h5-7,14,17H,4,8-13,15H2,1-3H3,(H,28,29,30). The fraction of sp³-hybridized carbons (Fsp3) is 0.462. The molecule has 1 aliphatic carbocycles. The van der Waals surface area contributed by atoms with Gasteiger partial charge in [0.1, 0.15) is 17.4 Å². The van der Waals surface area contributed by atoms with Crippen LogP contribution in [0.4, 0.5) is 5.82 Å². The Hall–Kier alpha value is -3.24. The first-order valence-electron chi connectivity index (χ1n) is 11.6. The third kappa shape index (κ3) is 5.07. The molecule has 33 heavy (non-hydrogen) atoms. The number of nitriles is 1. The van der Waals surface area contributed by atoms with Crippen LogP contribution in [0.25, 0.3) is 5.57 Å². The monoisotopic (exact) mass is 445 g/mol. The Bertz CT molecular complexity index is 1110. The summed E-state index contributed by atoms with van der Waals surface area (Å²) in [5, 5.41) is 12.7. The number of carbonyl (C=O) groups excluding carboxylic acids is 1. The Balaban J connectivity index is 1.53. The number of ketones is 1. The third-order valence-electron chi connectivity index (χ3n) is 6.53. The molecule has 0 bridgehead atoms. The van der Waals surface area contributed by atoms with Gasteiger partial charge in [0.05, 0.1) is 30.0 Å². The summed E-state index contributed by atoms with van der Waals surface area (Å²) in [6.45, 7) is 4.82. The summed E-state index contributed by atoms with van der Waals surface area (Å²) >= 11 is 0. The maximum atomic E-state index is 12.9. The second kappa shape index (κ2) is 10.1. The number of allylic oxidation sites excluding steroid dienone is 2. The zero-order valence-electron chi connectivity index (χ0n) is 19.6. The molecule has 172 valence electrons. The van der Waals surface area contributed by atoms with Crippen LogP contribution in [0.15, 0.2) is 24.3 Å². The Labute approximate surface area is 195 Å². The number of hydrogen-bond donors (Lipinski definition) is 1. The number of likely N-dealkylation sites (tertiary alicyclic amines) is 1. The average molecular weight is 446 g/mol. The number of nitrogens with one attached hydrogen (secondary N) is 1. The zero-order valence-corrected chi connectivity index (χ0v) is 19.6. The molecule has 1 N–H and O–H groups in total. The van der Waals surface area contributed by atoms with E-state index >= 15 is 0 Å². The van der Waals surface area contributed by atoms with Crippen LogP contribution in [0.1, 0.15) is 59.2 Å². The van der Waals surface area contributed by atoms with Crippen molar-refractivity contribution in [1.29, 1.82) is 5.26 Å². The molecule has 1 saturated heterocycles. The Morgan fingerprint density at radius 1 is 1.30 bits per heavy atom. The third-order valence-corrected chi connectivity index (χ3v) is 6.53. The number of piperidine rings is 1. The van der Waals surface area contributed by atoms with Gasteiger partial charge in [0.25, 0.3) is 0 Å². The second-order valence-corrected chi connectivity index (χ2v) is 8.85. The van der Waals surface area contributed by atoms with E-state index in [2.05, 4.69) is 23.3 Å². The summed E-state index contributed by atoms with van der Waals surface area (Å²) < 4.78 is 5.63. The van der Waals surface area contributed by atoms with Gasteiger partial charge >= 0.3 is 0 Å². The lowest BCUT2D eigenvalue weighted by molar-refractivity contribution is 0.0936. The number of carbonyl (C=O) groups is 1. The predicted octanol–water partition coefficient (Wildman–Crippen LogP) is 3.89. The second-order valence-electron chi connectivity index (χ2n) is 8.85. The lowest BCUT2D eigenvalue weighted by Gasteiger charge is -2.28. The molecule has 0 atom stereocenters. The van der Waals surface area contributed by atoms with E-state index in [9.17, 15) is 10.1 Å². The number of nitrogens with zero attached hydrogens (tertiary/aromatic N) is 4. The maximum absolute atomic E-state index is 12.9. The number of Topliss-reactive ketones (excluding diaryl/α,β-unsaturated/α-hetero) is 1. The Morgan fingerprint density at radius 2 is 2.09 bits per heavy atom. The minimum absolute atomic E-state index is 0.174. The van der Waals surface area contributed by atoms with Crippen LogP contribution in [0.3, 0.4) is 0 Å². The number of hydrogen-bond acceptors (Lipinski definition) is 7. The van der Waals surface area contributed by atoms with Crippen molar-refractivity contribution in [2.75, 3.05) is 39.1 Å². The number of aromatic nitrogens is 2. The number of rotatable bonds is 8. The lowest BCUT2D eigenvalue weighted by Crippen LogP contribution is -2.31. The van der Waals surface area contributed by atoms with Crippen LogP contribution in [0, 0.1) is 17.2 Å². The van der Waals surface area contributed by atoms with Crippen molar-refractivity contribution in [1.82, 2.24) is 14.9 Å². The average Bonchev–Trinajstić information content (AvgIpc) is 3.24. The smallest absolute Gasteiger partial charge is 0.163 e. The van der Waals surface area contributed by atoms with Gasteiger partial charge in [0.2, 0.25) is 0 Å². The first-order valence-corrected chi connectivity index (χ1v) is 11.6. The van der Waals surface area contributed by atoms with Gasteiger partial charge in [-0.1, -0.05) is 18.2 Å². The molecule has 0 radical (unpaired) electrons. The minimum Gasteiger partial charge on any atom is -0.496 e. The van der Waals surface area contributed by atoms with E-state index in [1.807, 2.05) is 31.2 Å². The summed E-state index contributed by atoms with van der Waals surface area (Å²) in [5.74, 6) is 2.67. The van der Waals surface area contributed by atoms with E-state index in [-0.39, 0.29) is 5.78 Å². The highest BCUT2D eigenvalue weighted by Crippen LogP contribution is 2.32. The molecule has 7 heteroatoms. The summed E-state index contributed by atoms with van der Waals surface area (Å²) in [6.07, 6.45) is 5.75. The van der Waals surface area contributed by atoms with E-state index in [4.69, 9.17) is 14.7 Å². The van der Waals surface area contributed by atoms with E-state index < -0.39 is 0 Å². The van der Waals surface area contributed by atoms with Gasteiger partial charge < -0.3 is 15.0 Å². The maximum Gasteiger partial charge on any atom is 0.163 e. The van der Waals surface area contributed by atoms with Gasteiger partial charge in [-0.15, -0.1) is 0 Å². The molecule has 0 saturated carbocycles. The van der Waals surface area contributed by atoms with Crippen LogP contribution in [-0.4, -0.2) is 54.4 Å². The minimum atomic E-state index is 0.174. The molecular weight excluding hydrogens is 414 g/mol. The Morgan fingerprint density at radius 3 is 2.79 bits per heavy atom. The molecule has 1 aromatic heterocycles. The molecule has 0 unspecified atom stereocenters. The molecule has 7 nitrogen and oxygen atoms in total. The molecule has 1 aromatic carbocycles. The number of anilines is 1. The SMILES string of the molecule is CCNc1nc(Cc2ccc(C(=O)CC3CCN(C)CC3)cc2OC)nc2c1C(C#N)=CC2. The van der Waals surface area contributed by atoms with Crippen molar-refractivity contribution in [3.05, 3.63) is 52.5 Å². The van der Waals surface area contributed by atoms with Crippen LogP contribution >= 0.6 is 0 Å². The molecular formula is C26H31N5O2. The molecule has 2 heterocycles. The van der Waals surface area contributed by atoms with E-state index in [0.717, 1.165) is 42.8 Å². The van der Waals surface area contributed by atoms with E-state index in [0.29, 0.717) is 60.3 Å². The predicted molar refractivity (Wildman–Crippen MR) is 128 cm³/mol. The van der Waals surface area contributed by atoms with Gasteiger partial charge in [-0.05, 0) is 51.9 Å². The molecule has 0 spiro atoms. The van der Waals surface area contributed by atoms with Crippen LogP contribution in [0.5, 0.6) is 5.75 Å². The van der Waals surface area contributed by atoms with Crippen molar-refractivity contribution in [2.45, 2.75) is 39.0 Å². The van der Waals surface area contributed by atoms with Crippen molar-refractivity contribution < 1.29 is 9.53 Å². The van der Waals surface area contributed by atoms with Gasteiger partial charge in [-0.25, -0.2) is 9.97 Å². The van der Waals surface area contributed by atoms with E-state index in [1.165, 1.54) is 0 Å². The molecule has 4 rings (SSSR count). The Kier molecular flexibility index (Phi) is 7.05. The van der Waals surface area contributed by atoms with Gasteiger partial charge in [-0.3, -0.25) is 4.79 Å². The zero-order chi connectivity index (χ0) is 23.4. The summed E-state index contributed by atoms with van der Waals surface area (Å²) in [4.78, 5) is 24.6. The first kappa shape index (κ1) is 22.9. The molecule has 1 aliphatic heterocycles. The van der Waals surface area contributed by atoms with E-state index in [1.54, 1.807) is 7.11 Å². The normalized spacial score (nSPS) is 16.1. The van der Waals surface area contributed by atoms with Crippen molar-refractivity contribution in [2.24, 2.45) is 5.92 Å². The number of ether oxygens (including phenoxy) is 1. The van der Waals surface area contributed by atoms with Crippen molar-refractivity contribution in [3.8, 4) is 11.8 Å². The molecule has 1 fully saturated rings. The fourth-order valence-electron chi connectivity index (χ4n) is 4.65. The quantitative estimate of drug-likeness (QED) is 0.617. The molecule has 0 amide bonds.